The van der Waals surface area contributed by atoms with Gasteiger partial charge in [-0.15, -0.1) is 0 Å². The first-order valence-electron chi connectivity index (χ1n) is 5.88. The van der Waals surface area contributed by atoms with Gasteiger partial charge < -0.3 is 5.11 Å². The minimum absolute atomic E-state index is 0.473. The fourth-order valence-electron chi connectivity index (χ4n) is 2.51. The topological polar surface area (TPSA) is 38.0 Å². The Morgan fingerprint density at radius 2 is 2.00 bits per heavy atom. The maximum absolute atomic E-state index is 10.5. The third kappa shape index (κ3) is 2.81. The largest absolute Gasteiger partial charge is 0.390 e. The summed E-state index contributed by atoms with van der Waals surface area (Å²) < 4.78 is 1.80. The molecule has 0 aliphatic heterocycles. The van der Waals surface area contributed by atoms with Gasteiger partial charge in [0.05, 0.1) is 11.8 Å². The van der Waals surface area contributed by atoms with Crippen molar-refractivity contribution in [2.75, 3.05) is 0 Å². The van der Waals surface area contributed by atoms with Crippen LogP contribution in [-0.4, -0.2) is 20.5 Å². The van der Waals surface area contributed by atoms with Crippen molar-refractivity contribution in [3.05, 3.63) is 18.0 Å². The van der Waals surface area contributed by atoms with Crippen molar-refractivity contribution in [3.8, 4) is 0 Å². The molecule has 1 heterocycles. The van der Waals surface area contributed by atoms with E-state index < -0.39 is 5.60 Å². The SMILES string of the molecule is Cn1cc(CC2(O)CCCCCC2)cn1. The van der Waals surface area contributed by atoms with Crippen LogP contribution in [0.1, 0.15) is 44.1 Å². The minimum Gasteiger partial charge on any atom is -0.390 e. The lowest BCUT2D eigenvalue weighted by atomic mass is 9.88. The second-order valence-electron chi connectivity index (χ2n) is 4.84. The van der Waals surface area contributed by atoms with Gasteiger partial charge in [0.1, 0.15) is 0 Å². The Balaban J connectivity index is 2.02. The lowest BCUT2D eigenvalue weighted by molar-refractivity contribution is 0.0252. The summed E-state index contributed by atoms with van der Waals surface area (Å²) in [5, 5.41) is 14.6. The number of rotatable bonds is 2. The average molecular weight is 208 g/mol. The molecule has 1 saturated carbocycles. The summed E-state index contributed by atoms with van der Waals surface area (Å²) in [7, 11) is 1.92. The fourth-order valence-corrected chi connectivity index (χ4v) is 2.51. The Hall–Kier alpha value is -0.830. The van der Waals surface area contributed by atoms with Crippen LogP contribution >= 0.6 is 0 Å². The van der Waals surface area contributed by atoms with E-state index in [2.05, 4.69) is 5.10 Å². The lowest BCUT2D eigenvalue weighted by Crippen LogP contribution is -2.30. The van der Waals surface area contributed by atoms with Crippen LogP contribution in [0.15, 0.2) is 12.4 Å². The Bertz CT molecular complexity index is 311. The van der Waals surface area contributed by atoms with E-state index in [1.807, 2.05) is 19.4 Å². The third-order valence-electron chi connectivity index (χ3n) is 3.33. The van der Waals surface area contributed by atoms with Crippen LogP contribution in [-0.2, 0) is 13.5 Å². The highest BCUT2D eigenvalue weighted by Crippen LogP contribution is 2.29. The molecule has 15 heavy (non-hydrogen) atoms. The third-order valence-corrected chi connectivity index (χ3v) is 3.33. The van der Waals surface area contributed by atoms with Crippen LogP contribution < -0.4 is 0 Å². The predicted molar refractivity (Wildman–Crippen MR) is 59.6 cm³/mol. The Morgan fingerprint density at radius 1 is 1.33 bits per heavy atom. The fraction of sp³-hybridized carbons (Fsp3) is 0.750. The molecule has 0 amide bonds. The first kappa shape index (κ1) is 10.7. The zero-order valence-corrected chi connectivity index (χ0v) is 9.45. The van der Waals surface area contributed by atoms with Gasteiger partial charge in [0.2, 0.25) is 0 Å². The molecule has 3 heteroatoms. The first-order chi connectivity index (χ1) is 7.18. The van der Waals surface area contributed by atoms with Crippen molar-refractivity contribution in [1.82, 2.24) is 9.78 Å². The van der Waals surface area contributed by atoms with Crippen molar-refractivity contribution >= 4 is 0 Å². The van der Waals surface area contributed by atoms with Crippen molar-refractivity contribution in [2.45, 2.75) is 50.5 Å². The summed E-state index contributed by atoms with van der Waals surface area (Å²) in [4.78, 5) is 0. The molecule has 0 radical (unpaired) electrons. The molecular weight excluding hydrogens is 188 g/mol. The molecule has 0 bridgehead atoms. The highest BCUT2D eigenvalue weighted by molar-refractivity contribution is 5.08. The van der Waals surface area contributed by atoms with E-state index in [-0.39, 0.29) is 0 Å². The number of aliphatic hydroxyl groups is 1. The summed E-state index contributed by atoms with van der Waals surface area (Å²) in [6, 6.07) is 0. The van der Waals surface area contributed by atoms with Crippen LogP contribution in [0.2, 0.25) is 0 Å². The molecule has 1 aliphatic carbocycles. The molecule has 3 nitrogen and oxygen atoms in total. The van der Waals surface area contributed by atoms with Crippen molar-refractivity contribution in [1.29, 1.82) is 0 Å². The van der Waals surface area contributed by atoms with E-state index in [9.17, 15) is 5.11 Å². The maximum atomic E-state index is 10.5. The van der Waals surface area contributed by atoms with Gasteiger partial charge in [0.25, 0.3) is 0 Å². The smallest absolute Gasteiger partial charge is 0.0689 e. The van der Waals surface area contributed by atoms with Crippen LogP contribution in [0, 0.1) is 0 Å². The zero-order valence-electron chi connectivity index (χ0n) is 9.45. The molecular formula is C12H20N2O. The van der Waals surface area contributed by atoms with Crippen LogP contribution in [0.3, 0.4) is 0 Å². The monoisotopic (exact) mass is 208 g/mol. The number of hydrogen-bond acceptors (Lipinski definition) is 2. The normalized spacial score (nSPS) is 21.2. The minimum atomic E-state index is -0.473. The van der Waals surface area contributed by atoms with E-state index in [1.54, 1.807) is 4.68 Å². The average Bonchev–Trinajstić information content (AvgIpc) is 2.46. The maximum Gasteiger partial charge on any atom is 0.0689 e. The zero-order chi connectivity index (χ0) is 10.7. The van der Waals surface area contributed by atoms with Gasteiger partial charge in [0.15, 0.2) is 0 Å². The number of hydrogen-bond donors (Lipinski definition) is 1. The second-order valence-corrected chi connectivity index (χ2v) is 4.84. The van der Waals surface area contributed by atoms with E-state index in [1.165, 1.54) is 12.8 Å². The van der Waals surface area contributed by atoms with Crippen LogP contribution in [0.5, 0.6) is 0 Å². The lowest BCUT2D eigenvalue weighted by Gasteiger charge is -2.25. The number of aromatic nitrogens is 2. The highest BCUT2D eigenvalue weighted by Gasteiger charge is 2.28. The molecule has 0 aromatic carbocycles. The summed E-state index contributed by atoms with van der Waals surface area (Å²) in [5.41, 5.74) is 0.682. The van der Waals surface area contributed by atoms with Crippen molar-refractivity contribution in [2.24, 2.45) is 7.05 Å². The van der Waals surface area contributed by atoms with Gasteiger partial charge in [-0.25, -0.2) is 0 Å². The molecule has 0 saturated heterocycles. The molecule has 2 rings (SSSR count). The quantitative estimate of drug-likeness (QED) is 0.755. The van der Waals surface area contributed by atoms with Crippen molar-refractivity contribution < 1.29 is 5.11 Å². The summed E-state index contributed by atoms with van der Waals surface area (Å²) in [5.74, 6) is 0. The molecule has 1 aromatic rings. The molecule has 0 unspecified atom stereocenters. The van der Waals surface area contributed by atoms with E-state index in [0.29, 0.717) is 0 Å². The van der Waals surface area contributed by atoms with Gasteiger partial charge in [-0.05, 0) is 18.4 Å². The van der Waals surface area contributed by atoms with E-state index >= 15 is 0 Å². The number of aryl methyl sites for hydroxylation is 1. The Kier molecular flexibility index (Phi) is 3.10. The summed E-state index contributed by atoms with van der Waals surface area (Å²) >= 11 is 0. The van der Waals surface area contributed by atoms with E-state index in [4.69, 9.17) is 0 Å². The molecule has 0 spiro atoms. The highest BCUT2D eigenvalue weighted by atomic mass is 16.3. The molecule has 1 fully saturated rings. The second kappa shape index (κ2) is 4.35. The van der Waals surface area contributed by atoms with Gasteiger partial charge >= 0.3 is 0 Å². The van der Waals surface area contributed by atoms with Crippen LogP contribution in [0.25, 0.3) is 0 Å². The molecule has 1 aromatic heterocycles. The molecule has 84 valence electrons. The Labute approximate surface area is 91.1 Å². The molecule has 1 N–H and O–H groups in total. The van der Waals surface area contributed by atoms with Crippen LogP contribution in [0.4, 0.5) is 0 Å². The predicted octanol–water partition coefficient (Wildman–Crippen LogP) is 2.05. The molecule has 1 aliphatic rings. The van der Waals surface area contributed by atoms with Crippen molar-refractivity contribution in [3.63, 3.8) is 0 Å². The molecule has 0 atom stereocenters. The van der Waals surface area contributed by atoms with E-state index in [0.717, 1.165) is 37.7 Å². The first-order valence-corrected chi connectivity index (χ1v) is 5.88. The summed E-state index contributed by atoms with van der Waals surface area (Å²) in [6.07, 6.45) is 11.4. The Morgan fingerprint density at radius 3 is 2.53 bits per heavy atom. The standard InChI is InChI=1S/C12H20N2O/c1-14-10-11(9-13-14)8-12(15)6-4-2-3-5-7-12/h9-10,15H,2-8H2,1H3. The van der Waals surface area contributed by atoms with Gasteiger partial charge in [-0.1, -0.05) is 25.7 Å². The van der Waals surface area contributed by atoms with Gasteiger partial charge in [-0.3, -0.25) is 4.68 Å². The van der Waals surface area contributed by atoms with Gasteiger partial charge in [0, 0.05) is 19.7 Å². The van der Waals surface area contributed by atoms with Gasteiger partial charge in [-0.2, -0.15) is 5.10 Å². The summed E-state index contributed by atoms with van der Waals surface area (Å²) in [6.45, 7) is 0. The number of nitrogens with zero attached hydrogens (tertiary/aromatic N) is 2.